The van der Waals surface area contributed by atoms with Crippen LogP contribution in [0.3, 0.4) is 0 Å². The maximum absolute atomic E-state index is 13.1. The van der Waals surface area contributed by atoms with Gasteiger partial charge in [-0.15, -0.1) is 0 Å². The highest BCUT2D eigenvalue weighted by molar-refractivity contribution is 6.00. The first-order valence-corrected chi connectivity index (χ1v) is 8.99. The molecule has 1 amide bonds. The second kappa shape index (κ2) is 6.62. The Morgan fingerprint density at radius 3 is 3.04 bits per heavy atom. The number of aromatic nitrogens is 3. The molecular weight excluding hydrogens is 346 g/mol. The monoisotopic (exact) mass is 368 g/mol. The normalized spacial score (nSPS) is 16.9. The summed E-state index contributed by atoms with van der Waals surface area (Å²) in [6.45, 7) is 3.05. The number of fused-ring (bicyclic) bond motifs is 2. The molecule has 140 valence electrons. The molecule has 0 aromatic carbocycles. The molecule has 0 saturated carbocycles. The maximum Gasteiger partial charge on any atom is 0.278 e. The van der Waals surface area contributed by atoms with Gasteiger partial charge in [-0.3, -0.25) is 14.0 Å². The van der Waals surface area contributed by atoms with E-state index in [0.29, 0.717) is 29.8 Å². The average Bonchev–Trinajstić information content (AvgIpc) is 3.18. The quantitative estimate of drug-likeness (QED) is 0.520. The van der Waals surface area contributed by atoms with E-state index in [-0.39, 0.29) is 29.0 Å². The lowest BCUT2D eigenvalue weighted by atomic mass is 10.1. The lowest BCUT2D eigenvalue weighted by Gasteiger charge is -2.14. The fourth-order valence-electron chi connectivity index (χ4n) is 3.60. The van der Waals surface area contributed by atoms with Crippen molar-refractivity contribution in [2.24, 2.45) is 0 Å². The number of anilines is 1. The molecule has 3 aromatic heterocycles. The lowest BCUT2D eigenvalue weighted by Crippen LogP contribution is -2.46. The topological polar surface area (TPSA) is 103 Å². The predicted octanol–water partition coefficient (Wildman–Crippen LogP) is 0.564. The summed E-state index contributed by atoms with van der Waals surface area (Å²) >= 11 is 0. The molecule has 0 bridgehead atoms. The summed E-state index contributed by atoms with van der Waals surface area (Å²) in [5.41, 5.74) is 8.28. The van der Waals surface area contributed by atoms with Crippen LogP contribution in [0.25, 0.3) is 16.7 Å². The third-order valence-electron chi connectivity index (χ3n) is 5.06. The minimum Gasteiger partial charge on any atom is -0.375 e. The van der Waals surface area contributed by atoms with E-state index in [1.807, 2.05) is 13.0 Å². The van der Waals surface area contributed by atoms with Crippen LogP contribution in [0.15, 0.2) is 29.2 Å². The fraction of sp³-hybridized carbons (Fsp3) is 0.368. The van der Waals surface area contributed by atoms with Gasteiger partial charge in [0.05, 0.1) is 12.6 Å². The fourth-order valence-corrected chi connectivity index (χ4v) is 3.60. The molecule has 4 heterocycles. The van der Waals surface area contributed by atoms with Gasteiger partial charge in [0.25, 0.3) is 17.1 Å². The van der Waals surface area contributed by atoms with Crippen molar-refractivity contribution in [2.75, 3.05) is 19.4 Å². The van der Waals surface area contributed by atoms with Gasteiger partial charge in [-0.05, 0) is 31.9 Å². The maximum atomic E-state index is 13.1. The lowest BCUT2D eigenvalue weighted by molar-refractivity contribution is -0.666. The van der Waals surface area contributed by atoms with Gasteiger partial charge in [0.1, 0.15) is 10.9 Å². The summed E-state index contributed by atoms with van der Waals surface area (Å²) in [6, 6.07) is 5.23. The van der Waals surface area contributed by atoms with Crippen molar-refractivity contribution in [3.05, 3.63) is 45.9 Å². The first-order valence-electron chi connectivity index (χ1n) is 8.99. The number of nitrogens with one attached hydrogen (secondary N) is 1. The number of nitrogens with zero attached hydrogens (tertiary/aromatic N) is 3. The van der Waals surface area contributed by atoms with E-state index in [1.165, 1.54) is 17.5 Å². The molecule has 1 unspecified atom stereocenters. The van der Waals surface area contributed by atoms with Crippen LogP contribution in [0.4, 0.5) is 5.82 Å². The second-order valence-corrected chi connectivity index (χ2v) is 6.81. The van der Waals surface area contributed by atoms with Gasteiger partial charge in [-0.25, -0.2) is 4.57 Å². The van der Waals surface area contributed by atoms with Crippen molar-refractivity contribution in [1.29, 1.82) is 0 Å². The molecule has 3 N–H and O–H groups in total. The molecule has 4 rings (SSSR count). The van der Waals surface area contributed by atoms with Crippen LogP contribution in [0.5, 0.6) is 0 Å². The van der Waals surface area contributed by atoms with Gasteiger partial charge in [-0.2, -0.15) is 0 Å². The highest BCUT2D eigenvalue weighted by atomic mass is 16.5. The van der Waals surface area contributed by atoms with E-state index in [2.05, 4.69) is 5.32 Å². The molecule has 0 aliphatic carbocycles. The van der Waals surface area contributed by atoms with E-state index < -0.39 is 0 Å². The average molecular weight is 368 g/mol. The zero-order valence-electron chi connectivity index (χ0n) is 15.4. The van der Waals surface area contributed by atoms with Gasteiger partial charge in [-0.1, -0.05) is 11.1 Å². The summed E-state index contributed by atoms with van der Waals surface area (Å²) in [7, 11) is 1.53. The highest BCUT2D eigenvalue weighted by Crippen LogP contribution is 2.18. The Balaban J connectivity index is 2.07. The van der Waals surface area contributed by atoms with Gasteiger partial charge in [0.2, 0.25) is 11.5 Å². The Morgan fingerprint density at radius 2 is 2.33 bits per heavy atom. The van der Waals surface area contributed by atoms with Gasteiger partial charge in [0, 0.05) is 25.4 Å². The number of pyridine rings is 2. The number of hydrogen-bond donors (Lipinski definition) is 2. The molecule has 1 fully saturated rings. The Bertz CT molecular complexity index is 1120. The van der Waals surface area contributed by atoms with Crippen molar-refractivity contribution in [2.45, 2.75) is 32.4 Å². The summed E-state index contributed by atoms with van der Waals surface area (Å²) in [4.78, 5) is 30.2. The minimum absolute atomic E-state index is 0.0161. The first-order chi connectivity index (χ1) is 13.0. The Morgan fingerprint density at radius 1 is 1.52 bits per heavy atom. The van der Waals surface area contributed by atoms with Crippen LogP contribution in [0, 0.1) is 6.92 Å². The summed E-state index contributed by atoms with van der Waals surface area (Å²) in [5.74, 6) is -0.0635. The van der Waals surface area contributed by atoms with Crippen molar-refractivity contribution in [3.63, 3.8) is 0 Å². The zero-order valence-corrected chi connectivity index (χ0v) is 15.4. The number of nitrogens with two attached hydrogens (primary N) is 1. The van der Waals surface area contributed by atoms with Crippen LogP contribution >= 0.6 is 0 Å². The van der Waals surface area contributed by atoms with Crippen LogP contribution in [0.2, 0.25) is 0 Å². The number of rotatable bonds is 3. The highest BCUT2D eigenvalue weighted by Gasteiger charge is 2.27. The molecule has 3 aromatic rings. The molecular formula is C19H22N5O3+. The van der Waals surface area contributed by atoms with E-state index in [9.17, 15) is 9.59 Å². The van der Waals surface area contributed by atoms with Gasteiger partial charge >= 0.3 is 0 Å². The van der Waals surface area contributed by atoms with Crippen LogP contribution in [0.1, 0.15) is 28.8 Å². The molecule has 27 heavy (non-hydrogen) atoms. The van der Waals surface area contributed by atoms with Crippen molar-refractivity contribution >= 4 is 28.4 Å². The second-order valence-electron chi connectivity index (χ2n) is 6.81. The molecule has 1 aliphatic rings. The summed E-state index contributed by atoms with van der Waals surface area (Å²) in [5, 5.41) is 2.93. The number of hydrogen-bond acceptors (Lipinski definition) is 5. The van der Waals surface area contributed by atoms with Crippen LogP contribution in [-0.2, 0) is 11.3 Å². The molecule has 8 nitrogen and oxygen atoms in total. The summed E-state index contributed by atoms with van der Waals surface area (Å²) in [6.07, 6.45) is 3.55. The number of carbonyl (C=O) groups is 1. The Labute approximate surface area is 155 Å². The molecule has 1 saturated heterocycles. The van der Waals surface area contributed by atoms with Gasteiger partial charge < -0.3 is 15.8 Å². The number of ether oxygens (including phenoxy) is 1. The number of amides is 1. The summed E-state index contributed by atoms with van der Waals surface area (Å²) < 4.78 is 8.98. The van der Waals surface area contributed by atoms with Crippen molar-refractivity contribution < 1.29 is 14.1 Å². The van der Waals surface area contributed by atoms with Crippen molar-refractivity contribution in [3.8, 4) is 0 Å². The molecule has 8 heteroatoms. The van der Waals surface area contributed by atoms with E-state index in [0.717, 1.165) is 18.4 Å². The van der Waals surface area contributed by atoms with E-state index in [1.54, 1.807) is 16.8 Å². The predicted molar refractivity (Wildman–Crippen MR) is 101 cm³/mol. The smallest absolute Gasteiger partial charge is 0.278 e. The molecule has 0 spiro atoms. The first kappa shape index (κ1) is 17.4. The molecule has 1 atom stereocenters. The zero-order chi connectivity index (χ0) is 19.1. The van der Waals surface area contributed by atoms with Crippen LogP contribution < -0.4 is 21.2 Å². The number of nitrogen functional groups attached to an aromatic ring is 1. The molecule has 1 aliphatic heterocycles. The Kier molecular flexibility index (Phi) is 4.27. The third-order valence-corrected chi connectivity index (χ3v) is 5.06. The van der Waals surface area contributed by atoms with E-state index >= 15 is 0 Å². The van der Waals surface area contributed by atoms with Crippen LogP contribution in [-0.4, -0.2) is 35.1 Å². The van der Waals surface area contributed by atoms with E-state index in [4.69, 9.17) is 15.5 Å². The molecule has 0 radical (unpaired) electrons. The van der Waals surface area contributed by atoms with Crippen molar-refractivity contribution in [1.82, 2.24) is 14.7 Å². The Hall–Kier alpha value is -3.00. The number of aryl methyl sites for hydroxylation is 1. The SMILES string of the molecule is CNC(=O)c1cc2c(=O)n3cccc(C)c3nc2[n+](CC2CCCO2)c1N. The van der Waals surface area contributed by atoms with Gasteiger partial charge in [0.15, 0.2) is 0 Å². The minimum atomic E-state index is -0.343. The third kappa shape index (κ3) is 2.82. The standard InChI is InChI=1S/C19H21N5O3/c1-11-5-3-7-23-16(11)22-17-14(19(23)26)9-13(18(25)21-2)15(20)24(17)10-12-6-4-8-27-12/h3,5,7,9,12,20H,4,6,8,10H2,1-2H3,(H,21,25)/p+1. The number of carbonyl (C=O) groups excluding carboxylic acids is 1. The largest absolute Gasteiger partial charge is 0.375 e.